The third-order valence-electron chi connectivity index (χ3n) is 2.89. The molecule has 96 valence electrons. The van der Waals surface area contributed by atoms with Gasteiger partial charge in [-0.3, -0.25) is 0 Å². The molecule has 0 amide bonds. The Kier molecular flexibility index (Phi) is 3.25. The first kappa shape index (κ1) is 12.2. The number of hydrogen-bond acceptors (Lipinski definition) is 2. The van der Waals surface area contributed by atoms with Gasteiger partial charge in [-0.2, -0.15) is 0 Å². The van der Waals surface area contributed by atoms with Crippen LogP contribution in [0.4, 0.5) is 0 Å². The summed E-state index contributed by atoms with van der Waals surface area (Å²) in [6.45, 7) is 2.50. The first-order valence-corrected chi connectivity index (χ1v) is 6.83. The van der Waals surface area contributed by atoms with Gasteiger partial charge in [0.25, 0.3) is 0 Å². The average molecular weight is 317 g/mol. The van der Waals surface area contributed by atoms with E-state index in [1.807, 2.05) is 42.5 Å². The van der Waals surface area contributed by atoms with Crippen LogP contribution in [0.25, 0.3) is 11.0 Å². The molecule has 0 aliphatic heterocycles. The summed E-state index contributed by atoms with van der Waals surface area (Å²) in [7, 11) is 0. The van der Waals surface area contributed by atoms with Crippen LogP contribution in [-0.4, -0.2) is 9.97 Å². The van der Waals surface area contributed by atoms with E-state index in [4.69, 9.17) is 4.74 Å². The first-order valence-electron chi connectivity index (χ1n) is 6.04. The number of nitrogens with zero attached hydrogens (tertiary/aromatic N) is 1. The standard InChI is InChI=1S/C15H13BrN2O/c1-10-2-5-12(6-3-10)19-9-15-17-13-7-4-11(16)8-14(13)18-15/h2-8H,9H2,1H3,(H,17,18). The molecule has 1 N–H and O–H groups in total. The Morgan fingerprint density at radius 1 is 1.16 bits per heavy atom. The van der Waals surface area contributed by atoms with Gasteiger partial charge >= 0.3 is 0 Å². The number of rotatable bonds is 3. The molecule has 19 heavy (non-hydrogen) atoms. The summed E-state index contributed by atoms with van der Waals surface area (Å²) in [5, 5.41) is 0. The van der Waals surface area contributed by atoms with Crippen molar-refractivity contribution in [3.63, 3.8) is 0 Å². The number of aromatic nitrogens is 2. The number of H-pyrrole nitrogens is 1. The second-order valence-corrected chi connectivity index (χ2v) is 5.36. The number of halogens is 1. The van der Waals surface area contributed by atoms with Crippen molar-refractivity contribution in [2.24, 2.45) is 0 Å². The summed E-state index contributed by atoms with van der Waals surface area (Å²) < 4.78 is 6.74. The lowest BCUT2D eigenvalue weighted by atomic mass is 10.2. The third-order valence-corrected chi connectivity index (χ3v) is 3.38. The van der Waals surface area contributed by atoms with Crippen molar-refractivity contribution in [3.8, 4) is 5.75 Å². The van der Waals surface area contributed by atoms with E-state index in [0.29, 0.717) is 6.61 Å². The molecule has 4 heteroatoms. The molecule has 0 saturated heterocycles. The van der Waals surface area contributed by atoms with Gasteiger partial charge in [-0.25, -0.2) is 4.98 Å². The van der Waals surface area contributed by atoms with Crippen molar-refractivity contribution in [2.45, 2.75) is 13.5 Å². The summed E-state index contributed by atoms with van der Waals surface area (Å²) in [6, 6.07) is 14.0. The Morgan fingerprint density at radius 2 is 1.95 bits per heavy atom. The minimum absolute atomic E-state index is 0.440. The lowest BCUT2D eigenvalue weighted by Gasteiger charge is -2.03. The van der Waals surface area contributed by atoms with Crippen molar-refractivity contribution in [3.05, 3.63) is 58.3 Å². The molecule has 0 saturated carbocycles. The molecule has 0 unspecified atom stereocenters. The van der Waals surface area contributed by atoms with Crippen LogP contribution < -0.4 is 4.74 Å². The number of aryl methyl sites for hydroxylation is 1. The van der Waals surface area contributed by atoms with Crippen LogP contribution >= 0.6 is 15.9 Å². The zero-order valence-corrected chi connectivity index (χ0v) is 12.1. The van der Waals surface area contributed by atoms with E-state index in [-0.39, 0.29) is 0 Å². The zero-order chi connectivity index (χ0) is 13.2. The predicted octanol–water partition coefficient (Wildman–Crippen LogP) is 4.21. The van der Waals surface area contributed by atoms with Crippen LogP contribution in [0.1, 0.15) is 11.4 Å². The number of hydrogen-bond donors (Lipinski definition) is 1. The molecule has 0 aliphatic rings. The summed E-state index contributed by atoms with van der Waals surface area (Å²) in [5.74, 6) is 1.68. The molecule has 3 nitrogen and oxygen atoms in total. The summed E-state index contributed by atoms with van der Waals surface area (Å²) in [5.41, 5.74) is 3.18. The topological polar surface area (TPSA) is 37.9 Å². The molecular formula is C15H13BrN2O. The maximum atomic E-state index is 5.70. The van der Waals surface area contributed by atoms with E-state index in [0.717, 1.165) is 27.1 Å². The monoisotopic (exact) mass is 316 g/mol. The van der Waals surface area contributed by atoms with E-state index >= 15 is 0 Å². The van der Waals surface area contributed by atoms with E-state index in [1.165, 1.54) is 5.56 Å². The zero-order valence-electron chi connectivity index (χ0n) is 10.5. The Bertz CT molecular complexity index is 704. The summed E-state index contributed by atoms with van der Waals surface area (Å²) in [6.07, 6.45) is 0. The van der Waals surface area contributed by atoms with Crippen molar-refractivity contribution in [1.82, 2.24) is 9.97 Å². The largest absolute Gasteiger partial charge is 0.486 e. The smallest absolute Gasteiger partial charge is 0.146 e. The number of fused-ring (bicyclic) bond motifs is 1. The number of nitrogens with one attached hydrogen (secondary N) is 1. The minimum Gasteiger partial charge on any atom is -0.486 e. The maximum absolute atomic E-state index is 5.70. The maximum Gasteiger partial charge on any atom is 0.146 e. The normalized spacial score (nSPS) is 10.8. The summed E-state index contributed by atoms with van der Waals surface area (Å²) >= 11 is 3.45. The lowest BCUT2D eigenvalue weighted by molar-refractivity contribution is 0.297. The van der Waals surface area contributed by atoms with Crippen LogP contribution in [-0.2, 0) is 6.61 Å². The molecule has 1 heterocycles. The fraction of sp³-hybridized carbons (Fsp3) is 0.133. The molecule has 0 fully saturated rings. The number of aromatic amines is 1. The molecule has 0 spiro atoms. The van der Waals surface area contributed by atoms with Crippen LogP contribution in [0.2, 0.25) is 0 Å². The average Bonchev–Trinajstić information content (AvgIpc) is 2.80. The molecule has 1 aromatic heterocycles. The van der Waals surface area contributed by atoms with E-state index in [2.05, 4.69) is 32.8 Å². The van der Waals surface area contributed by atoms with Crippen molar-refractivity contribution < 1.29 is 4.74 Å². The Labute approximate surface area is 119 Å². The van der Waals surface area contributed by atoms with Crippen LogP contribution in [0, 0.1) is 6.92 Å². The molecule has 0 atom stereocenters. The van der Waals surface area contributed by atoms with Gasteiger partial charge in [-0.1, -0.05) is 33.6 Å². The van der Waals surface area contributed by atoms with Gasteiger partial charge in [0.2, 0.25) is 0 Å². The molecule has 0 aliphatic carbocycles. The number of benzene rings is 2. The number of imidazole rings is 1. The molecule has 0 bridgehead atoms. The molecule has 2 aromatic carbocycles. The second kappa shape index (κ2) is 5.05. The fourth-order valence-corrected chi connectivity index (χ4v) is 2.25. The van der Waals surface area contributed by atoms with Crippen molar-refractivity contribution >= 4 is 27.0 Å². The fourth-order valence-electron chi connectivity index (χ4n) is 1.89. The minimum atomic E-state index is 0.440. The van der Waals surface area contributed by atoms with Gasteiger partial charge in [0.05, 0.1) is 11.0 Å². The highest BCUT2D eigenvalue weighted by Gasteiger charge is 2.04. The Balaban J connectivity index is 1.76. The molecule has 0 radical (unpaired) electrons. The second-order valence-electron chi connectivity index (χ2n) is 4.45. The van der Waals surface area contributed by atoms with Crippen LogP contribution in [0.5, 0.6) is 5.75 Å². The quantitative estimate of drug-likeness (QED) is 0.786. The number of ether oxygens (including phenoxy) is 1. The van der Waals surface area contributed by atoms with Crippen LogP contribution in [0.3, 0.4) is 0 Å². The molecule has 3 aromatic rings. The van der Waals surface area contributed by atoms with Gasteiger partial charge in [-0.15, -0.1) is 0 Å². The Hall–Kier alpha value is -1.81. The van der Waals surface area contributed by atoms with Crippen molar-refractivity contribution in [2.75, 3.05) is 0 Å². The highest BCUT2D eigenvalue weighted by Crippen LogP contribution is 2.19. The first-order chi connectivity index (χ1) is 9.20. The Morgan fingerprint density at radius 3 is 2.74 bits per heavy atom. The third kappa shape index (κ3) is 2.79. The lowest BCUT2D eigenvalue weighted by Crippen LogP contribution is -1.97. The van der Waals surface area contributed by atoms with Crippen LogP contribution in [0.15, 0.2) is 46.9 Å². The SMILES string of the molecule is Cc1ccc(OCc2nc3ccc(Br)cc3[nH]2)cc1. The van der Waals surface area contributed by atoms with Gasteiger partial charge in [-0.05, 0) is 37.3 Å². The molecule has 3 rings (SSSR count). The van der Waals surface area contributed by atoms with E-state index in [1.54, 1.807) is 0 Å². The highest BCUT2D eigenvalue weighted by atomic mass is 79.9. The van der Waals surface area contributed by atoms with Gasteiger partial charge < -0.3 is 9.72 Å². The van der Waals surface area contributed by atoms with Gasteiger partial charge in [0.1, 0.15) is 18.2 Å². The van der Waals surface area contributed by atoms with Crippen molar-refractivity contribution in [1.29, 1.82) is 0 Å². The predicted molar refractivity (Wildman–Crippen MR) is 79.3 cm³/mol. The van der Waals surface area contributed by atoms with Gasteiger partial charge in [0, 0.05) is 4.47 Å². The van der Waals surface area contributed by atoms with E-state index in [9.17, 15) is 0 Å². The molecular weight excluding hydrogens is 304 g/mol. The van der Waals surface area contributed by atoms with E-state index < -0.39 is 0 Å². The van der Waals surface area contributed by atoms with Gasteiger partial charge in [0.15, 0.2) is 0 Å². The highest BCUT2D eigenvalue weighted by molar-refractivity contribution is 9.10. The summed E-state index contributed by atoms with van der Waals surface area (Å²) in [4.78, 5) is 7.74.